The number of nitro groups is 1. The van der Waals surface area contributed by atoms with Crippen molar-refractivity contribution in [3.05, 3.63) is 51.1 Å². The SMILES string of the molecule is O=C1[C@@H]2[C@H](C(=O)N1N=Cc1ccc(Cl)c([N+](=O)[O-])c1)[C@H]1C=C[C@H]2C1. The lowest BCUT2D eigenvalue weighted by atomic mass is 9.85. The van der Waals surface area contributed by atoms with E-state index in [1.807, 2.05) is 12.2 Å². The van der Waals surface area contributed by atoms with Crippen LogP contribution in [0, 0.1) is 33.8 Å². The standard InChI is InChI=1S/C16H12ClN3O4/c17-11-4-1-8(5-12(11)20(23)24)7-18-19-15(21)13-9-2-3-10(6-9)14(13)16(19)22/h1-5,7,9-10,13-14H,6H2/t9-,10-,13-,14+/m0/s1. The zero-order chi connectivity index (χ0) is 17.0. The zero-order valence-corrected chi connectivity index (χ0v) is 13.1. The van der Waals surface area contributed by atoms with Gasteiger partial charge in [0.25, 0.3) is 17.5 Å². The molecule has 0 unspecified atom stereocenters. The number of benzene rings is 1. The molecule has 1 aromatic rings. The highest BCUT2D eigenvalue weighted by atomic mass is 35.5. The highest BCUT2D eigenvalue weighted by Crippen LogP contribution is 2.52. The number of amides is 2. The van der Waals surface area contributed by atoms with Crippen molar-refractivity contribution < 1.29 is 14.5 Å². The van der Waals surface area contributed by atoms with Gasteiger partial charge in [-0.1, -0.05) is 29.8 Å². The molecule has 1 heterocycles. The van der Waals surface area contributed by atoms with E-state index in [9.17, 15) is 19.7 Å². The molecular formula is C16H12ClN3O4. The summed E-state index contributed by atoms with van der Waals surface area (Å²) in [6.45, 7) is 0. The molecular weight excluding hydrogens is 334 g/mol. The Labute approximate surface area is 141 Å². The number of rotatable bonds is 3. The minimum atomic E-state index is -0.598. The van der Waals surface area contributed by atoms with Crippen LogP contribution in [0.4, 0.5) is 5.69 Å². The summed E-state index contributed by atoms with van der Waals surface area (Å²) in [5.41, 5.74) is 0.142. The van der Waals surface area contributed by atoms with Crippen LogP contribution in [-0.2, 0) is 9.59 Å². The number of imide groups is 1. The zero-order valence-electron chi connectivity index (χ0n) is 12.3. The summed E-state index contributed by atoms with van der Waals surface area (Å²) in [5, 5.41) is 15.8. The van der Waals surface area contributed by atoms with Crippen LogP contribution in [0.3, 0.4) is 0 Å². The first-order valence-corrected chi connectivity index (χ1v) is 7.89. The van der Waals surface area contributed by atoms with Crippen LogP contribution in [0.25, 0.3) is 0 Å². The number of hydrogen-bond donors (Lipinski definition) is 0. The van der Waals surface area contributed by atoms with Crippen molar-refractivity contribution >= 4 is 35.3 Å². The Balaban J connectivity index is 1.59. The predicted octanol–water partition coefficient (Wildman–Crippen LogP) is 2.39. The Hall–Kier alpha value is -2.54. The van der Waals surface area contributed by atoms with Crippen molar-refractivity contribution in [1.82, 2.24) is 5.01 Å². The Morgan fingerprint density at radius 1 is 1.21 bits per heavy atom. The molecule has 4 rings (SSSR count). The van der Waals surface area contributed by atoms with E-state index in [1.54, 1.807) is 0 Å². The average Bonchev–Trinajstić information content (AvgIpc) is 3.22. The summed E-state index contributed by atoms with van der Waals surface area (Å²) < 4.78 is 0. The molecule has 8 heteroatoms. The molecule has 4 atom stereocenters. The highest BCUT2D eigenvalue weighted by Gasteiger charge is 2.59. The summed E-state index contributed by atoms with van der Waals surface area (Å²) in [5.74, 6) is -0.974. The molecule has 1 saturated heterocycles. The molecule has 2 aliphatic carbocycles. The molecule has 7 nitrogen and oxygen atoms in total. The van der Waals surface area contributed by atoms with Crippen molar-refractivity contribution in [2.75, 3.05) is 0 Å². The first-order chi connectivity index (χ1) is 11.5. The molecule has 0 N–H and O–H groups in total. The fourth-order valence-electron chi connectivity index (χ4n) is 3.87. The molecule has 122 valence electrons. The van der Waals surface area contributed by atoms with Crippen molar-refractivity contribution in [3.63, 3.8) is 0 Å². The summed E-state index contributed by atoms with van der Waals surface area (Å²) in [4.78, 5) is 35.2. The fourth-order valence-corrected chi connectivity index (χ4v) is 4.06. The van der Waals surface area contributed by atoms with Crippen molar-refractivity contribution in [3.8, 4) is 0 Å². The molecule has 0 spiro atoms. The second-order valence-corrected chi connectivity index (χ2v) is 6.61. The van der Waals surface area contributed by atoms with E-state index >= 15 is 0 Å². The van der Waals surface area contributed by atoms with Crippen molar-refractivity contribution in [1.29, 1.82) is 0 Å². The minimum absolute atomic E-state index is 0.0163. The second kappa shape index (κ2) is 5.24. The normalized spacial score (nSPS) is 30.6. The molecule has 2 fully saturated rings. The van der Waals surface area contributed by atoms with E-state index in [1.165, 1.54) is 24.4 Å². The molecule has 3 aliphatic rings. The second-order valence-electron chi connectivity index (χ2n) is 6.20. The molecule has 2 amide bonds. The van der Waals surface area contributed by atoms with Gasteiger partial charge in [-0.3, -0.25) is 19.7 Å². The van der Waals surface area contributed by atoms with Gasteiger partial charge in [-0.2, -0.15) is 10.1 Å². The number of hydrogen-bond acceptors (Lipinski definition) is 5. The van der Waals surface area contributed by atoms with Crippen LogP contribution in [0.1, 0.15) is 12.0 Å². The Kier molecular flexibility index (Phi) is 3.28. The number of halogens is 1. The molecule has 1 aromatic carbocycles. The summed E-state index contributed by atoms with van der Waals surface area (Å²) >= 11 is 5.76. The molecule has 0 aromatic heterocycles. The number of nitrogens with zero attached hydrogens (tertiary/aromatic N) is 3. The fraction of sp³-hybridized carbons (Fsp3) is 0.312. The maximum absolute atomic E-state index is 12.5. The lowest BCUT2D eigenvalue weighted by Gasteiger charge is -2.13. The molecule has 2 bridgehead atoms. The van der Waals surface area contributed by atoms with Crippen LogP contribution < -0.4 is 0 Å². The van der Waals surface area contributed by atoms with Gasteiger partial charge in [0.05, 0.1) is 23.0 Å². The van der Waals surface area contributed by atoms with Crippen LogP contribution >= 0.6 is 11.6 Å². The van der Waals surface area contributed by atoms with Gasteiger partial charge in [0.2, 0.25) is 0 Å². The quantitative estimate of drug-likeness (QED) is 0.276. The van der Waals surface area contributed by atoms with E-state index in [0.717, 1.165) is 11.4 Å². The summed E-state index contributed by atoms with van der Waals surface area (Å²) in [6, 6.07) is 4.17. The number of allylic oxidation sites excluding steroid dienone is 2. The Morgan fingerprint density at radius 2 is 1.83 bits per heavy atom. The van der Waals surface area contributed by atoms with Gasteiger partial charge in [-0.25, -0.2) is 0 Å². The number of fused-ring (bicyclic) bond motifs is 5. The third-order valence-corrected chi connectivity index (χ3v) is 5.26. The maximum Gasteiger partial charge on any atom is 0.288 e. The Morgan fingerprint density at radius 3 is 2.42 bits per heavy atom. The van der Waals surface area contributed by atoms with Gasteiger partial charge in [-0.15, -0.1) is 0 Å². The van der Waals surface area contributed by atoms with E-state index in [2.05, 4.69) is 5.10 Å². The lowest BCUT2D eigenvalue weighted by molar-refractivity contribution is -0.384. The van der Waals surface area contributed by atoms with Crippen LogP contribution in [-0.4, -0.2) is 28.0 Å². The van der Waals surface area contributed by atoms with E-state index in [0.29, 0.717) is 5.56 Å². The third kappa shape index (κ3) is 2.08. The van der Waals surface area contributed by atoms with Crippen molar-refractivity contribution in [2.45, 2.75) is 6.42 Å². The predicted molar refractivity (Wildman–Crippen MR) is 85.3 cm³/mol. The van der Waals surface area contributed by atoms with Gasteiger partial charge in [0, 0.05) is 11.6 Å². The minimum Gasteiger partial charge on any atom is -0.272 e. The number of carbonyl (C=O) groups excluding carboxylic acids is 2. The molecule has 0 radical (unpaired) electrons. The van der Waals surface area contributed by atoms with E-state index < -0.39 is 4.92 Å². The number of hydrazone groups is 1. The summed E-state index contributed by atoms with van der Waals surface area (Å²) in [6.07, 6.45) is 6.14. The average molecular weight is 346 g/mol. The van der Waals surface area contributed by atoms with Gasteiger partial charge >= 0.3 is 0 Å². The monoisotopic (exact) mass is 345 g/mol. The molecule has 1 saturated carbocycles. The van der Waals surface area contributed by atoms with Crippen LogP contribution in [0.15, 0.2) is 35.5 Å². The highest BCUT2D eigenvalue weighted by molar-refractivity contribution is 6.32. The van der Waals surface area contributed by atoms with Crippen LogP contribution in [0.2, 0.25) is 5.02 Å². The lowest BCUT2D eigenvalue weighted by Crippen LogP contribution is -2.28. The third-order valence-electron chi connectivity index (χ3n) is 4.94. The number of carbonyl (C=O) groups is 2. The van der Waals surface area contributed by atoms with Gasteiger partial charge in [0.15, 0.2) is 0 Å². The maximum atomic E-state index is 12.5. The van der Waals surface area contributed by atoms with E-state index in [4.69, 9.17) is 11.6 Å². The first kappa shape index (κ1) is 15.0. The van der Waals surface area contributed by atoms with Gasteiger partial charge in [-0.05, 0) is 24.3 Å². The first-order valence-electron chi connectivity index (χ1n) is 7.51. The van der Waals surface area contributed by atoms with Crippen LogP contribution in [0.5, 0.6) is 0 Å². The van der Waals surface area contributed by atoms with E-state index in [-0.39, 0.29) is 46.2 Å². The smallest absolute Gasteiger partial charge is 0.272 e. The topological polar surface area (TPSA) is 92.9 Å². The summed E-state index contributed by atoms with van der Waals surface area (Å²) in [7, 11) is 0. The molecule has 24 heavy (non-hydrogen) atoms. The van der Waals surface area contributed by atoms with Gasteiger partial charge < -0.3 is 0 Å². The van der Waals surface area contributed by atoms with Crippen molar-refractivity contribution in [2.24, 2.45) is 28.8 Å². The largest absolute Gasteiger partial charge is 0.288 e. The number of nitro benzene ring substituents is 1. The van der Waals surface area contributed by atoms with Gasteiger partial charge in [0.1, 0.15) is 5.02 Å². The Bertz CT molecular complexity index is 805. The molecule has 1 aliphatic heterocycles.